The molecule has 0 spiro atoms. The van der Waals surface area contributed by atoms with E-state index in [0.29, 0.717) is 10.7 Å². The quantitative estimate of drug-likeness (QED) is 0.658. The van der Waals surface area contributed by atoms with Gasteiger partial charge in [-0.05, 0) is 36.4 Å². The van der Waals surface area contributed by atoms with Crippen LogP contribution in [-0.4, -0.2) is 20.9 Å². The highest BCUT2D eigenvalue weighted by Gasteiger charge is 2.21. The normalized spacial score (nSPS) is 11.2. The van der Waals surface area contributed by atoms with Gasteiger partial charge in [0.25, 0.3) is 5.91 Å². The SMILES string of the molecule is C=CCNS(=O)(=O)c1cc(C(=O)Nc2ccc(Br)cc2Cl)ccc1F. The fraction of sp³-hybridized carbons (Fsp3) is 0.0625. The number of carbonyl (C=O) groups is 1. The van der Waals surface area contributed by atoms with Gasteiger partial charge in [0.05, 0.1) is 10.7 Å². The number of rotatable bonds is 6. The Morgan fingerprint density at radius 3 is 2.64 bits per heavy atom. The van der Waals surface area contributed by atoms with Gasteiger partial charge < -0.3 is 5.32 Å². The molecule has 0 saturated heterocycles. The Morgan fingerprint density at radius 2 is 2.00 bits per heavy atom. The van der Waals surface area contributed by atoms with E-state index in [4.69, 9.17) is 11.6 Å². The van der Waals surface area contributed by atoms with E-state index in [-0.39, 0.29) is 12.1 Å². The van der Waals surface area contributed by atoms with Gasteiger partial charge in [-0.15, -0.1) is 6.58 Å². The maximum Gasteiger partial charge on any atom is 0.255 e. The van der Waals surface area contributed by atoms with Gasteiger partial charge in [-0.3, -0.25) is 4.79 Å². The molecule has 0 aliphatic heterocycles. The van der Waals surface area contributed by atoms with Crippen molar-refractivity contribution in [2.75, 3.05) is 11.9 Å². The zero-order valence-electron chi connectivity index (χ0n) is 12.7. The van der Waals surface area contributed by atoms with E-state index in [2.05, 4.69) is 32.5 Å². The second-order valence-corrected chi connectivity index (χ2v) is 7.92. The standard InChI is InChI=1S/C16H13BrClFN2O3S/c1-2-7-20-25(23,24)15-8-10(3-5-13(15)19)16(22)21-14-6-4-11(17)9-12(14)18/h2-6,8-9,20H,1,7H2,(H,21,22). The Morgan fingerprint density at radius 1 is 1.28 bits per heavy atom. The molecule has 2 N–H and O–H groups in total. The van der Waals surface area contributed by atoms with Crippen molar-refractivity contribution in [1.82, 2.24) is 4.72 Å². The van der Waals surface area contributed by atoms with Crippen LogP contribution in [0.2, 0.25) is 5.02 Å². The van der Waals surface area contributed by atoms with Gasteiger partial charge in [0.1, 0.15) is 10.7 Å². The molecule has 0 bridgehead atoms. The van der Waals surface area contributed by atoms with Crippen molar-refractivity contribution in [1.29, 1.82) is 0 Å². The molecule has 0 saturated carbocycles. The van der Waals surface area contributed by atoms with E-state index in [9.17, 15) is 17.6 Å². The van der Waals surface area contributed by atoms with Gasteiger partial charge in [0, 0.05) is 16.6 Å². The number of amides is 1. The maximum absolute atomic E-state index is 13.9. The third-order valence-corrected chi connectivity index (χ3v) is 5.32. The van der Waals surface area contributed by atoms with Gasteiger partial charge in [-0.25, -0.2) is 17.5 Å². The molecule has 0 aliphatic rings. The lowest BCUT2D eigenvalue weighted by atomic mass is 10.2. The molecule has 2 rings (SSSR count). The molecule has 0 aliphatic carbocycles. The molecule has 0 radical (unpaired) electrons. The van der Waals surface area contributed by atoms with Gasteiger partial charge in [0.15, 0.2) is 0 Å². The number of anilines is 1. The Kier molecular flexibility index (Phi) is 6.34. The number of nitrogens with one attached hydrogen (secondary N) is 2. The number of sulfonamides is 1. The van der Waals surface area contributed by atoms with Crippen LogP contribution in [0.3, 0.4) is 0 Å². The first kappa shape index (κ1) is 19.6. The Bertz CT molecular complexity index is 935. The van der Waals surface area contributed by atoms with Crippen LogP contribution >= 0.6 is 27.5 Å². The molecule has 0 heterocycles. The van der Waals surface area contributed by atoms with Crippen molar-refractivity contribution in [3.8, 4) is 0 Å². The van der Waals surface area contributed by atoms with E-state index >= 15 is 0 Å². The fourth-order valence-electron chi connectivity index (χ4n) is 1.88. The molecule has 0 fully saturated rings. The maximum atomic E-state index is 13.9. The van der Waals surface area contributed by atoms with Gasteiger partial charge in [-0.2, -0.15) is 0 Å². The minimum absolute atomic E-state index is 0.0284. The molecule has 132 valence electrons. The molecular formula is C16H13BrClFN2O3S. The van der Waals surface area contributed by atoms with Crippen molar-refractivity contribution >= 4 is 49.1 Å². The van der Waals surface area contributed by atoms with Crippen molar-refractivity contribution in [2.24, 2.45) is 0 Å². The van der Waals surface area contributed by atoms with Gasteiger partial charge in [-0.1, -0.05) is 33.6 Å². The largest absolute Gasteiger partial charge is 0.321 e. The average Bonchev–Trinajstić information content (AvgIpc) is 2.55. The highest BCUT2D eigenvalue weighted by Crippen LogP contribution is 2.26. The summed E-state index contributed by atoms with van der Waals surface area (Å²) in [7, 11) is -4.10. The molecule has 0 aromatic heterocycles. The van der Waals surface area contributed by atoms with Crippen molar-refractivity contribution < 1.29 is 17.6 Å². The van der Waals surface area contributed by atoms with Crippen LogP contribution in [0, 0.1) is 5.82 Å². The third-order valence-electron chi connectivity index (χ3n) is 3.08. The second kappa shape index (κ2) is 8.09. The van der Waals surface area contributed by atoms with Crippen molar-refractivity contribution in [2.45, 2.75) is 4.90 Å². The number of hydrogen-bond acceptors (Lipinski definition) is 3. The Balaban J connectivity index is 2.32. The van der Waals surface area contributed by atoms with Crippen LogP contribution < -0.4 is 10.0 Å². The summed E-state index contributed by atoms with van der Waals surface area (Å²) in [4.78, 5) is 11.7. The van der Waals surface area contributed by atoms with Crippen LogP contribution in [0.1, 0.15) is 10.4 Å². The van der Waals surface area contributed by atoms with E-state index in [1.807, 2.05) is 0 Å². The molecule has 2 aromatic rings. The van der Waals surface area contributed by atoms with Crippen LogP contribution in [0.5, 0.6) is 0 Å². The highest BCUT2D eigenvalue weighted by atomic mass is 79.9. The zero-order valence-corrected chi connectivity index (χ0v) is 15.9. The predicted octanol–water partition coefficient (Wildman–Crippen LogP) is 3.96. The molecule has 25 heavy (non-hydrogen) atoms. The van der Waals surface area contributed by atoms with Crippen LogP contribution in [0.4, 0.5) is 10.1 Å². The summed E-state index contributed by atoms with van der Waals surface area (Å²) in [5.74, 6) is -1.58. The minimum atomic E-state index is -4.10. The third kappa shape index (κ3) is 4.88. The number of halogens is 3. The number of hydrogen-bond donors (Lipinski definition) is 2. The summed E-state index contributed by atoms with van der Waals surface area (Å²) >= 11 is 9.28. The lowest BCUT2D eigenvalue weighted by Gasteiger charge is -2.10. The molecule has 0 unspecified atom stereocenters. The van der Waals surface area contributed by atoms with E-state index in [1.165, 1.54) is 12.1 Å². The summed E-state index contributed by atoms with van der Waals surface area (Å²) in [6, 6.07) is 7.92. The molecule has 0 atom stereocenters. The van der Waals surface area contributed by atoms with Gasteiger partial charge in [0.2, 0.25) is 10.0 Å². The van der Waals surface area contributed by atoms with Crippen LogP contribution in [0.25, 0.3) is 0 Å². The van der Waals surface area contributed by atoms with Crippen LogP contribution in [0.15, 0.2) is 58.4 Å². The monoisotopic (exact) mass is 446 g/mol. The number of benzene rings is 2. The Labute approximate surface area is 158 Å². The summed E-state index contributed by atoms with van der Waals surface area (Å²) < 4.78 is 40.9. The van der Waals surface area contributed by atoms with E-state index < -0.39 is 26.6 Å². The highest BCUT2D eigenvalue weighted by molar-refractivity contribution is 9.10. The first-order valence-corrected chi connectivity index (χ1v) is 9.56. The fourth-order valence-corrected chi connectivity index (χ4v) is 3.70. The summed E-state index contributed by atoms with van der Waals surface area (Å²) in [5, 5.41) is 2.85. The molecule has 2 aromatic carbocycles. The lowest BCUT2D eigenvalue weighted by molar-refractivity contribution is 0.102. The smallest absolute Gasteiger partial charge is 0.255 e. The van der Waals surface area contributed by atoms with Gasteiger partial charge >= 0.3 is 0 Å². The summed E-state index contributed by atoms with van der Waals surface area (Å²) in [5.41, 5.74) is 0.313. The van der Waals surface area contributed by atoms with E-state index in [1.54, 1.807) is 18.2 Å². The molecular weight excluding hydrogens is 435 g/mol. The minimum Gasteiger partial charge on any atom is -0.321 e. The topological polar surface area (TPSA) is 75.3 Å². The molecule has 1 amide bonds. The summed E-state index contributed by atoms with van der Waals surface area (Å²) in [6.45, 7) is 3.32. The number of carbonyl (C=O) groups excluding carboxylic acids is 1. The van der Waals surface area contributed by atoms with E-state index in [0.717, 1.165) is 16.6 Å². The first-order chi connectivity index (χ1) is 11.7. The second-order valence-electron chi connectivity index (χ2n) is 4.86. The molecule has 9 heteroatoms. The average molecular weight is 448 g/mol. The first-order valence-electron chi connectivity index (χ1n) is 6.91. The zero-order chi connectivity index (χ0) is 18.6. The predicted molar refractivity (Wildman–Crippen MR) is 98.9 cm³/mol. The summed E-state index contributed by atoms with van der Waals surface area (Å²) in [6.07, 6.45) is 1.32. The van der Waals surface area contributed by atoms with Crippen molar-refractivity contribution in [3.63, 3.8) is 0 Å². The van der Waals surface area contributed by atoms with Crippen molar-refractivity contribution in [3.05, 3.63) is 69.9 Å². The van der Waals surface area contributed by atoms with Crippen LogP contribution in [-0.2, 0) is 10.0 Å². The molecule has 5 nitrogen and oxygen atoms in total. The Hall–Kier alpha value is -1.74. The lowest BCUT2D eigenvalue weighted by Crippen LogP contribution is -2.25.